The van der Waals surface area contributed by atoms with Crippen molar-refractivity contribution >= 4 is 29.6 Å². The molecule has 0 aromatic heterocycles. The van der Waals surface area contributed by atoms with Crippen molar-refractivity contribution in [1.29, 1.82) is 0 Å². The highest BCUT2D eigenvalue weighted by Gasteiger charge is 2.71. The highest BCUT2D eigenvalue weighted by atomic mass is 19.4. The Bertz CT molecular complexity index is 1580. The van der Waals surface area contributed by atoms with Gasteiger partial charge in [-0.1, -0.05) is 30.4 Å². The Morgan fingerprint density at radius 3 is 2.27 bits per heavy atom. The van der Waals surface area contributed by atoms with E-state index in [9.17, 15) is 45.8 Å². The third-order valence-corrected chi connectivity index (χ3v) is 8.58. The van der Waals surface area contributed by atoms with Crippen LogP contribution in [-0.4, -0.2) is 82.9 Å². The van der Waals surface area contributed by atoms with Crippen LogP contribution < -0.4 is 15.0 Å². The number of benzene rings is 2. The molecule has 48 heavy (non-hydrogen) atoms. The van der Waals surface area contributed by atoms with E-state index in [1.807, 2.05) is 13.8 Å². The number of hydrogen-bond donors (Lipinski definition) is 2. The van der Waals surface area contributed by atoms with Gasteiger partial charge in [0, 0.05) is 36.4 Å². The van der Waals surface area contributed by atoms with Gasteiger partial charge in [0.25, 0.3) is 11.5 Å². The quantitative estimate of drug-likeness (QED) is 0.273. The summed E-state index contributed by atoms with van der Waals surface area (Å²) in [4.78, 5) is 44.1. The number of alkyl halides is 6. The molecule has 2 N–H and O–H groups in total. The second-order valence-corrected chi connectivity index (χ2v) is 12.5. The van der Waals surface area contributed by atoms with Crippen molar-refractivity contribution in [2.75, 3.05) is 24.5 Å². The van der Waals surface area contributed by atoms with Gasteiger partial charge in [-0.2, -0.15) is 26.3 Å². The zero-order chi connectivity index (χ0) is 36.0. The van der Waals surface area contributed by atoms with Crippen molar-refractivity contribution in [3.63, 3.8) is 0 Å². The van der Waals surface area contributed by atoms with Crippen molar-refractivity contribution in [3.8, 4) is 5.75 Å². The molecule has 2 aromatic carbocycles. The van der Waals surface area contributed by atoms with Crippen molar-refractivity contribution < 1.29 is 50.6 Å². The van der Waals surface area contributed by atoms with Crippen LogP contribution in [0.1, 0.15) is 58.2 Å². The van der Waals surface area contributed by atoms with Gasteiger partial charge in [0.2, 0.25) is 5.91 Å². The van der Waals surface area contributed by atoms with Gasteiger partial charge >= 0.3 is 18.4 Å². The van der Waals surface area contributed by atoms with Gasteiger partial charge in [0.1, 0.15) is 17.8 Å². The molecule has 9 nitrogen and oxygen atoms in total. The number of carbonyl (C=O) groups is 3. The minimum Gasteiger partial charge on any atom is -0.491 e. The van der Waals surface area contributed by atoms with Crippen molar-refractivity contribution in [2.45, 2.75) is 83.2 Å². The van der Waals surface area contributed by atoms with Crippen LogP contribution in [0.3, 0.4) is 0 Å². The molecule has 1 unspecified atom stereocenters. The Morgan fingerprint density at radius 1 is 1.04 bits per heavy atom. The van der Waals surface area contributed by atoms with Gasteiger partial charge in [-0.3, -0.25) is 14.5 Å². The summed E-state index contributed by atoms with van der Waals surface area (Å²) in [5, 5.41) is 12.6. The maximum absolute atomic E-state index is 13.6. The van der Waals surface area contributed by atoms with Crippen LogP contribution in [0.25, 0.3) is 6.08 Å². The first-order valence-electron chi connectivity index (χ1n) is 15.3. The summed E-state index contributed by atoms with van der Waals surface area (Å²) in [5.41, 5.74) is -7.15. The van der Waals surface area contributed by atoms with Gasteiger partial charge in [0.05, 0.1) is 6.10 Å². The summed E-state index contributed by atoms with van der Waals surface area (Å²) in [6.45, 7) is 9.83. The molecule has 2 heterocycles. The Hall–Kier alpha value is -4.27. The maximum atomic E-state index is 13.6. The molecule has 0 spiro atoms. The lowest BCUT2D eigenvalue weighted by atomic mass is 9.89. The number of imide groups is 1. The van der Waals surface area contributed by atoms with Gasteiger partial charge in [-0.25, -0.2) is 4.79 Å². The molecule has 262 valence electrons. The number of rotatable bonds is 8. The monoisotopic (exact) mass is 684 g/mol. The molecule has 4 rings (SSSR count). The van der Waals surface area contributed by atoms with Gasteiger partial charge in [-0.15, -0.1) is 0 Å². The maximum Gasteiger partial charge on any atom is 0.430 e. The van der Waals surface area contributed by atoms with Crippen LogP contribution in [-0.2, 0) is 20.7 Å². The number of ether oxygens (including phenoxy) is 1. The average Bonchev–Trinajstić information content (AvgIpc) is 3.20. The second kappa shape index (κ2) is 13.0. The molecule has 2 aromatic rings. The van der Waals surface area contributed by atoms with Crippen LogP contribution in [0.4, 0.5) is 36.8 Å². The molecule has 0 saturated carbocycles. The Morgan fingerprint density at radius 2 is 1.69 bits per heavy atom. The van der Waals surface area contributed by atoms with Crippen molar-refractivity contribution in [3.05, 3.63) is 65.2 Å². The lowest BCUT2D eigenvalue weighted by molar-refractivity contribution is -0.376. The van der Waals surface area contributed by atoms with Crippen molar-refractivity contribution in [2.24, 2.45) is 0 Å². The number of halogens is 6. The molecule has 2 saturated heterocycles. The number of piperazine rings is 1. The molecule has 2 fully saturated rings. The largest absolute Gasteiger partial charge is 0.491 e. The van der Waals surface area contributed by atoms with Crippen LogP contribution in [0.2, 0.25) is 0 Å². The number of nitrogens with one attached hydrogen (secondary N) is 1. The fourth-order valence-electron chi connectivity index (χ4n) is 6.07. The Balaban J connectivity index is 1.54. The van der Waals surface area contributed by atoms with E-state index in [-0.39, 0.29) is 24.8 Å². The summed E-state index contributed by atoms with van der Waals surface area (Å²) in [6, 6.07) is 7.29. The third-order valence-electron chi connectivity index (χ3n) is 8.58. The molecule has 0 bridgehead atoms. The summed E-state index contributed by atoms with van der Waals surface area (Å²) < 4.78 is 87.2. The minimum atomic E-state index is -6.04. The second-order valence-electron chi connectivity index (χ2n) is 12.5. The number of anilines is 1. The van der Waals surface area contributed by atoms with Crippen LogP contribution in [0.5, 0.6) is 5.75 Å². The molecule has 2 aliphatic heterocycles. The molecule has 15 heteroatoms. The first-order chi connectivity index (χ1) is 22.1. The standard InChI is InChI=1S/C33H38F6N4O5/c1-7-9-22-14-24(31(47,32(34,35)36)33(37,38)39)12-13-26(22)41-16-21(5)42(17-20(41)4)27(44)18-43-28(45)30(6,40-29(43)46)23-10-8-11-25(15-23)48-19(2)3/h7-15,19-21,47H,16-18H2,1-6H3,(H,40,46)/t20?,21-,30+/m1/s1. The van der Waals surface area contributed by atoms with E-state index in [1.54, 1.807) is 43.0 Å². The van der Waals surface area contributed by atoms with Crippen LogP contribution in [0.15, 0.2) is 48.5 Å². The number of carbonyl (C=O) groups excluding carboxylic acids is 3. The van der Waals surface area contributed by atoms with E-state index in [0.29, 0.717) is 29.1 Å². The van der Waals surface area contributed by atoms with E-state index in [1.165, 1.54) is 30.9 Å². The normalized spacial score (nSPS) is 22.6. The summed E-state index contributed by atoms with van der Waals surface area (Å²) in [5.74, 6) is -0.650. The van der Waals surface area contributed by atoms with E-state index in [0.717, 1.165) is 11.0 Å². The topological polar surface area (TPSA) is 102 Å². The van der Waals surface area contributed by atoms with E-state index >= 15 is 0 Å². The molecular weight excluding hydrogens is 646 g/mol. The van der Waals surface area contributed by atoms with Gasteiger partial charge in [-0.05, 0) is 76.9 Å². The minimum absolute atomic E-state index is 0.00207. The van der Waals surface area contributed by atoms with E-state index in [2.05, 4.69) is 5.32 Å². The van der Waals surface area contributed by atoms with E-state index < -0.39 is 65.5 Å². The lowest BCUT2D eigenvalue weighted by Crippen LogP contribution is -2.60. The Kier molecular flexibility index (Phi) is 9.88. The molecule has 0 aliphatic carbocycles. The fourth-order valence-corrected chi connectivity index (χ4v) is 6.07. The zero-order valence-corrected chi connectivity index (χ0v) is 27.2. The predicted octanol–water partition coefficient (Wildman–Crippen LogP) is 5.71. The molecule has 0 radical (unpaired) electrons. The average molecular weight is 685 g/mol. The third kappa shape index (κ3) is 6.56. The fraction of sp³-hybridized carbons (Fsp3) is 0.485. The highest BCUT2D eigenvalue weighted by Crippen LogP contribution is 2.50. The molecule has 4 amide bonds. The number of hydrogen-bond acceptors (Lipinski definition) is 6. The lowest BCUT2D eigenvalue weighted by Gasteiger charge is -2.46. The molecule has 2 aliphatic rings. The number of urea groups is 1. The van der Waals surface area contributed by atoms with Crippen molar-refractivity contribution in [1.82, 2.24) is 15.1 Å². The summed E-state index contributed by atoms with van der Waals surface area (Å²) in [6.07, 6.45) is -9.43. The number of allylic oxidation sites excluding steroid dienone is 1. The van der Waals surface area contributed by atoms with E-state index in [4.69, 9.17) is 4.74 Å². The van der Waals surface area contributed by atoms with Gasteiger partial charge < -0.3 is 25.0 Å². The zero-order valence-electron chi connectivity index (χ0n) is 27.2. The van der Waals surface area contributed by atoms with Gasteiger partial charge in [0.15, 0.2) is 0 Å². The SMILES string of the molecule is CC=Cc1cc(C(O)(C(F)(F)F)C(F)(F)F)ccc1N1C[C@@H](C)N(C(=O)CN2C(=O)N[C@@](C)(c3cccc(OC(C)C)c3)C2=O)CC1C. The summed E-state index contributed by atoms with van der Waals surface area (Å²) >= 11 is 0. The smallest absolute Gasteiger partial charge is 0.430 e. The Labute approximate surface area is 274 Å². The first kappa shape index (κ1) is 36.6. The first-order valence-corrected chi connectivity index (χ1v) is 15.3. The summed E-state index contributed by atoms with van der Waals surface area (Å²) in [7, 11) is 0. The van der Waals surface area contributed by atoms with Crippen LogP contribution >= 0.6 is 0 Å². The number of amides is 4. The van der Waals surface area contributed by atoms with Crippen LogP contribution in [0, 0.1) is 0 Å². The molecular formula is C33H38F6N4O5. The highest BCUT2D eigenvalue weighted by molar-refractivity contribution is 6.09. The number of aliphatic hydroxyl groups is 1. The molecule has 3 atom stereocenters. The predicted molar refractivity (Wildman–Crippen MR) is 165 cm³/mol. The number of nitrogens with zero attached hydrogens (tertiary/aromatic N) is 3.